The molecule has 0 aromatic carbocycles. The van der Waals surface area contributed by atoms with Crippen LogP contribution in [-0.4, -0.2) is 79.4 Å². The van der Waals surface area contributed by atoms with Crippen molar-refractivity contribution in [3.8, 4) is 0 Å². The number of nitrogens with one attached hydrogen (secondary N) is 2. The van der Waals surface area contributed by atoms with E-state index in [-0.39, 0.29) is 15.7 Å². The van der Waals surface area contributed by atoms with Crippen molar-refractivity contribution in [2.45, 2.75) is 19.3 Å². The third kappa shape index (κ3) is 6.39. The number of aromatic amines is 2. The molecule has 2 aliphatic rings. The molecule has 6 heterocycles. The van der Waals surface area contributed by atoms with Gasteiger partial charge in [0.25, 0.3) is 0 Å². The molecule has 2 fully saturated rings. The SMILES string of the molecule is C1CCOCC1.Clc1nc(Cl)c2[nH]cnc2n1.Clc1nc(N2CCOCC2)c2[nH]cnc2n1. The molecule has 4 aromatic rings. The number of morpholine rings is 1. The zero-order valence-corrected chi connectivity index (χ0v) is 19.9. The first kappa shape index (κ1) is 23.8. The minimum atomic E-state index is 0.106. The molecule has 11 nitrogen and oxygen atoms in total. The maximum Gasteiger partial charge on any atom is 0.226 e. The molecule has 2 saturated heterocycles. The summed E-state index contributed by atoms with van der Waals surface area (Å²) in [5.41, 5.74) is 2.51. The van der Waals surface area contributed by atoms with E-state index in [4.69, 9.17) is 44.3 Å². The largest absolute Gasteiger partial charge is 0.381 e. The Balaban J connectivity index is 0.000000132. The number of ether oxygens (including phenoxy) is 2. The molecule has 0 aliphatic carbocycles. The van der Waals surface area contributed by atoms with Gasteiger partial charge < -0.3 is 24.3 Å². The van der Waals surface area contributed by atoms with Gasteiger partial charge in [0, 0.05) is 26.3 Å². The van der Waals surface area contributed by atoms with Gasteiger partial charge in [0.05, 0.1) is 25.9 Å². The molecular formula is C19H22Cl3N9O2. The zero-order valence-electron chi connectivity index (χ0n) is 17.6. The van der Waals surface area contributed by atoms with Crippen molar-refractivity contribution < 1.29 is 9.47 Å². The summed E-state index contributed by atoms with van der Waals surface area (Å²) in [4.78, 5) is 31.7. The highest BCUT2D eigenvalue weighted by molar-refractivity contribution is 6.35. The average molecular weight is 515 g/mol. The van der Waals surface area contributed by atoms with E-state index in [1.54, 1.807) is 6.33 Å². The Morgan fingerprint density at radius 3 is 1.88 bits per heavy atom. The van der Waals surface area contributed by atoms with Crippen LogP contribution in [0.3, 0.4) is 0 Å². The molecule has 4 aromatic heterocycles. The lowest BCUT2D eigenvalue weighted by atomic mass is 10.2. The first-order chi connectivity index (χ1) is 16.1. The maximum atomic E-state index is 5.87. The highest BCUT2D eigenvalue weighted by Crippen LogP contribution is 2.23. The first-order valence-corrected chi connectivity index (χ1v) is 11.5. The van der Waals surface area contributed by atoms with Crippen molar-refractivity contribution in [3.63, 3.8) is 0 Å². The van der Waals surface area contributed by atoms with E-state index in [1.165, 1.54) is 25.6 Å². The summed E-state index contributed by atoms with van der Waals surface area (Å²) >= 11 is 17.1. The fraction of sp³-hybridized carbons (Fsp3) is 0.474. The lowest BCUT2D eigenvalue weighted by Gasteiger charge is -2.27. The molecule has 176 valence electrons. The fourth-order valence-corrected chi connectivity index (χ4v) is 3.84. The molecule has 33 heavy (non-hydrogen) atoms. The summed E-state index contributed by atoms with van der Waals surface area (Å²) in [5, 5.41) is 0.619. The molecule has 14 heteroatoms. The van der Waals surface area contributed by atoms with E-state index in [1.807, 2.05) is 0 Å². The molecule has 6 rings (SSSR count). The fourth-order valence-electron chi connectivity index (χ4n) is 3.26. The van der Waals surface area contributed by atoms with Gasteiger partial charge in [0.2, 0.25) is 10.6 Å². The number of rotatable bonds is 1. The molecule has 2 aliphatic heterocycles. The number of imidazole rings is 2. The Morgan fingerprint density at radius 1 is 0.697 bits per heavy atom. The molecule has 0 saturated carbocycles. The first-order valence-electron chi connectivity index (χ1n) is 10.4. The van der Waals surface area contributed by atoms with Crippen molar-refractivity contribution in [1.82, 2.24) is 39.9 Å². The molecule has 2 N–H and O–H groups in total. The third-order valence-electron chi connectivity index (χ3n) is 4.84. The van der Waals surface area contributed by atoms with E-state index < -0.39 is 0 Å². The van der Waals surface area contributed by atoms with Crippen molar-refractivity contribution in [2.24, 2.45) is 0 Å². The van der Waals surface area contributed by atoms with Crippen LogP contribution in [0.25, 0.3) is 22.3 Å². The van der Waals surface area contributed by atoms with Crippen LogP contribution in [-0.2, 0) is 9.47 Å². The van der Waals surface area contributed by atoms with Gasteiger partial charge in [-0.05, 0) is 42.5 Å². The van der Waals surface area contributed by atoms with Crippen molar-refractivity contribution in [2.75, 3.05) is 44.4 Å². The van der Waals surface area contributed by atoms with Gasteiger partial charge in [0.15, 0.2) is 22.3 Å². The van der Waals surface area contributed by atoms with Crippen LogP contribution in [0.5, 0.6) is 0 Å². The van der Waals surface area contributed by atoms with Gasteiger partial charge >= 0.3 is 0 Å². The van der Waals surface area contributed by atoms with Gasteiger partial charge in [-0.15, -0.1) is 0 Å². The summed E-state index contributed by atoms with van der Waals surface area (Å²) < 4.78 is 10.4. The molecule has 0 atom stereocenters. The molecule has 0 amide bonds. The zero-order chi connectivity index (χ0) is 23.0. The van der Waals surface area contributed by atoms with E-state index in [2.05, 4.69) is 44.8 Å². The van der Waals surface area contributed by atoms with E-state index >= 15 is 0 Å². The predicted molar refractivity (Wildman–Crippen MR) is 126 cm³/mol. The van der Waals surface area contributed by atoms with Gasteiger partial charge in [0.1, 0.15) is 11.0 Å². The standard InChI is InChI=1S/C9H10ClN5O.C5H2Cl2N4.C5H10O/c10-9-13-7-6(11-5-12-7)8(14-9)15-1-3-16-4-2-15;6-3-2-4(9-1-8-2)11-5(7)10-3;1-2-4-6-5-3-1/h5H,1-4H2,(H,11,12,13,14);1H,(H,8,9,10,11);1-5H2. The van der Waals surface area contributed by atoms with Crippen LogP contribution in [0.1, 0.15) is 19.3 Å². The second-order valence-electron chi connectivity index (χ2n) is 7.07. The second kappa shape index (κ2) is 11.7. The normalized spacial score (nSPS) is 16.2. The molecule has 0 unspecified atom stereocenters. The minimum Gasteiger partial charge on any atom is -0.381 e. The highest BCUT2D eigenvalue weighted by Gasteiger charge is 2.18. The van der Waals surface area contributed by atoms with Crippen LogP contribution in [0, 0.1) is 0 Å². The van der Waals surface area contributed by atoms with Crippen molar-refractivity contribution in [1.29, 1.82) is 0 Å². The van der Waals surface area contributed by atoms with Gasteiger partial charge in [-0.2, -0.15) is 15.0 Å². The lowest BCUT2D eigenvalue weighted by Crippen LogP contribution is -2.37. The molecular weight excluding hydrogens is 493 g/mol. The Kier molecular flexibility index (Phi) is 8.46. The van der Waals surface area contributed by atoms with Crippen LogP contribution in [0.4, 0.5) is 5.82 Å². The van der Waals surface area contributed by atoms with E-state index in [9.17, 15) is 0 Å². The van der Waals surface area contributed by atoms with Gasteiger partial charge in [-0.25, -0.2) is 15.0 Å². The topological polar surface area (TPSA) is 131 Å². The number of anilines is 1. The minimum absolute atomic E-state index is 0.106. The number of nitrogens with zero attached hydrogens (tertiary/aromatic N) is 7. The van der Waals surface area contributed by atoms with E-state index in [0.717, 1.165) is 37.6 Å². The van der Waals surface area contributed by atoms with Crippen LogP contribution in [0.2, 0.25) is 15.7 Å². The Labute approximate surface area is 204 Å². The summed E-state index contributed by atoms with van der Waals surface area (Å²) in [6.07, 6.45) is 7.02. The Bertz CT molecular complexity index is 1160. The van der Waals surface area contributed by atoms with Crippen LogP contribution in [0.15, 0.2) is 12.7 Å². The monoisotopic (exact) mass is 513 g/mol. The predicted octanol–water partition coefficient (Wildman–Crippen LogP) is 3.69. The molecule has 0 spiro atoms. The highest BCUT2D eigenvalue weighted by atomic mass is 35.5. The smallest absolute Gasteiger partial charge is 0.226 e. The number of hydrogen-bond acceptors (Lipinski definition) is 9. The van der Waals surface area contributed by atoms with Gasteiger partial charge in [-0.1, -0.05) is 11.6 Å². The van der Waals surface area contributed by atoms with Crippen molar-refractivity contribution >= 4 is 62.9 Å². The number of H-pyrrole nitrogens is 2. The van der Waals surface area contributed by atoms with E-state index in [0.29, 0.717) is 30.0 Å². The number of aromatic nitrogens is 8. The second-order valence-corrected chi connectivity index (χ2v) is 8.11. The van der Waals surface area contributed by atoms with Crippen LogP contribution >= 0.6 is 34.8 Å². The lowest BCUT2D eigenvalue weighted by molar-refractivity contribution is 0.0968. The third-order valence-corrected chi connectivity index (χ3v) is 5.45. The summed E-state index contributed by atoms with van der Waals surface area (Å²) in [5.74, 6) is 0.802. The molecule has 0 radical (unpaired) electrons. The Morgan fingerprint density at radius 2 is 1.27 bits per heavy atom. The summed E-state index contributed by atoms with van der Waals surface area (Å²) in [6, 6.07) is 0. The van der Waals surface area contributed by atoms with Crippen LogP contribution < -0.4 is 4.90 Å². The quantitative estimate of drug-likeness (QED) is 0.288. The number of hydrogen-bond donors (Lipinski definition) is 2. The van der Waals surface area contributed by atoms with Gasteiger partial charge in [-0.3, -0.25) is 0 Å². The Hall–Kier alpha value is -2.31. The average Bonchev–Trinajstić information content (AvgIpc) is 3.51. The number of fused-ring (bicyclic) bond motifs is 2. The number of halogens is 3. The van der Waals surface area contributed by atoms with Crippen molar-refractivity contribution in [3.05, 3.63) is 28.4 Å². The summed E-state index contributed by atoms with van der Waals surface area (Å²) in [6.45, 7) is 5.03. The molecule has 0 bridgehead atoms. The summed E-state index contributed by atoms with van der Waals surface area (Å²) in [7, 11) is 0. The maximum absolute atomic E-state index is 5.87.